The normalized spacial score (nSPS) is 11.5. The SMILES string of the molecule is c1ccc(-c2ccc(-c3ccccc3-n3c4ccccc4c4c(N(c5ccccc5)c5ccc(-c6cccc7c6sc6ccccc67)c(-c6ccccc6)c5)cccc43)cc2)cc1. The maximum absolute atomic E-state index is 2.46. The Labute approximate surface area is 370 Å². The van der Waals surface area contributed by atoms with Crippen molar-refractivity contribution in [1.29, 1.82) is 0 Å². The molecule has 0 spiro atoms. The smallest absolute Gasteiger partial charge is 0.0562 e. The summed E-state index contributed by atoms with van der Waals surface area (Å²) >= 11 is 1.88. The number of benzene rings is 10. The standard InChI is InChI=1S/C60H40N2S/c1-4-18-41(19-5-1)42-34-36-44(37-35-42)47-24-10-13-29-54(47)62-55-30-14-11-26-52(55)59-56(31-17-32-57(59)62)61(45-22-8-3-9-23-45)46-38-39-48(53(40-46)43-20-6-2-7-21-43)50-27-16-28-51-49-25-12-15-33-58(49)63-60(50)51/h1-40H. The fourth-order valence-electron chi connectivity index (χ4n) is 9.56. The van der Waals surface area contributed by atoms with E-state index in [-0.39, 0.29) is 0 Å². The Kier molecular flexibility index (Phi) is 9.06. The summed E-state index contributed by atoms with van der Waals surface area (Å²) in [4.78, 5) is 2.45. The molecule has 0 saturated carbocycles. The molecular formula is C60H40N2S. The van der Waals surface area contributed by atoms with Gasteiger partial charge in [0.05, 0.1) is 22.4 Å². The minimum atomic E-state index is 1.09. The summed E-state index contributed by atoms with van der Waals surface area (Å²) in [6, 6.07) is 88.3. The fraction of sp³-hybridized carbons (Fsp3) is 0. The van der Waals surface area contributed by atoms with Crippen LogP contribution >= 0.6 is 11.3 Å². The number of hydrogen-bond acceptors (Lipinski definition) is 2. The van der Waals surface area contributed by atoms with Gasteiger partial charge in [0.25, 0.3) is 0 Å². The van der Waals surface area contributed by atoms with Crippen LogP contribution in [0.5, 0.6) is 0 Å². The second-order valence-corrected chi connectivity index (χ2v) is 17.1. The number of fused-ring (bicyclic) bond motifs is 6. The highest BCUT2D eigenvalue weighted by Crippen LogP contribution is 2.48. The number of rotatable bonds is 8. The molecule has 0 aliphatic carbocycles. The van der Waals surface area contributed by atoms with Crippen molar-refractivity contribution in [2.75, 3.05) is 4.90 Å². The molecule has 0 aliphatic rings. The lowest BCUT2D eigenvalue weighted by Gasteiger charge is -2.28. The van der Waals surface area contributed by atoms with Crippen molar-refractivity contribution in [2.45, 2.75) is 0 Å². The van der Waals surface area contributed by atoms with E-state index in [0.29, 0.717) is 0 Å². The first-order valence-corrected chi connectivity index (χ1v) is 22.3. The molecule has 0 radical (unpaired) electrons. The van der Waals surface area contributed by atoms with Crippen LogP contribution in [0.3, 0.4) is 0 Å². The summed E-state index contributed by atoms with van der Waals surface area (Å²) in [5, 5.41) is 5.01. The van der Waals surface area contributed by atoms with Crippen molar-refractivity contribution in [1.82, 2.24) is 4.57 Å². The number of nitrogens with zero attached hydrogens (tertiary/aromatic N) is 2. The summed E-state index contributed by atoms with van der Waals surface area (Å²) in [6.07, 6.45) is 0. The van der Waals surface area contributed by atoms with Crippen molar-refractivity contribution in [3.63, 3.8) is 0 Å². The van der Waals surface area contributed by atoms with Gasteiger partial charge in [-0.2, -0.15) is 0 Å². The third kappa shape index (κ3) is 6.33. The summed E-state index contributed by atoms with van der Waals surface area (Å²) in [7, 11) is 0. The van der Waals surface area contributed by atoms with Crippen LogP contribution in [0, 0.1) is 0 Å². The second kappa shape index (κ2) is 15.5. The van der Waals surface area contributed by atoms with Crippen LogP contribution in [0.2, 0.25) is 0 Å². The van der Waals surface area contributed by atoms with Crippen molar-refractivity contribution in [2.24, 2.45) is 0 Å². The third-order valence-corrected chi connectivity index (χ3v) is 13.6. The Hall–Kier alpha value is -7.98. The van der Waals surface area contributed by atoms with E-state index in [2.05, 4.69) is 252 Å². The van der Waals surface area contributed by atoms with E-state index in [1.807, 2.05) is 11.3 Å². The average Bonchev–Trinajstić information content (AvgIpc) is 3.92. The van der Waals surface area contributed by atoms with Crippen LogP contribution in [0.15, 0.2) is 243 Å². The lowest BCUT2D eigenvalue weighted by molar-refractivity contribution is 1.18. The maximum Gasteiger partial charge on any atom is 0.0562 e. The van der Waals surface area contributed by atoms with E-state index >= 15 is 0 Å². The van der Waals surface area contributed by atoms with Gasteiger partial charge >= 0.3 is 0 Å². The molecule has 296 valence electrons. The molecule has 0 fully saturated rings. The van der Waals surface area contributed by atoms with Crippen LogP contribution in [-0.4, -0.2) is 4.57 Å². The number of aromatic nitrogens is 1. The van der Waals surface area contributed by atoms with E-state index in [9.17, 15) is 0 Å². The summed E-state index contributed by atoms with van der Waals surface area (Å²) in [6.45, 7) is 0. The predicted octanol–water partition coefficient (Wildman–Crippen LogP) is 17.3. The van der Waals surface area contributed by atoms with E-state index in [0.717, 1.165) is 33.8 Å². The minimum Gasteiger partial charge on any atom is -0.310 e. The first kappa shape index (κ1) is 36.8. The topological polar surface area (TPSA) is 8.17 Å². The largest absolute Gasteiger partial charge is 0.310 e. The molecule has 63 heavy (non-hydrogen) atoms. The molecule has 10 aromatic carbocycles. The molecule has 12 rings (SSSR count). The Morgan fingerprint density at radius 2 is 0.905 bits per heavy atom. The molecule has 0 atom stereocenters. The predicted molar refractivity (Wildman–Crippen MR) is 270 cm³/mol. The van der Waals surface area contributed by atoms with Gasteiger partial charge in [-0.1, -0.05) is 188 Å². The molecule has 0 unspecified atom stereocenters. The molecule has 0 N–H and O–H groups in total. The highest BCUT2D eigenvalue weighted by molar-refractivity contribution is 7.26. The number of hydrogen-bond donors (Lipinski definition) is 0. The Morgan fingerprint density at radius 3 is 1.71 bits per heavy atom. The lowest BCUT2D eigenvalue weighted by atomic mass is 9.92. The Bertz CT molecular complexity index is 3600. The zero-order chi connectivity index (χ0) is 41.7. The molecule has 3 heteroatoms. The van der Waals surface area contributed by atoms with Gasteiger partial charge in [0.15, 0.2) is 0 Å². The molecule has 2 heterocycles. The van der Waals surface area contributed by atoms with Gasteiger partial charge in [0.1, 0.15) is 0 Å². The zero-order valence-corrected chi connectivity index (χ0v) is 35.2. The molecule has 2 aromatic heterocycles. The fourth-order valence-corrected chi connectivity index (χ4v) is 10.8. The van der Waals surface area contributed by atoms with Crippen molar-refractivity contribution >= 4 is 70.4 Å². The van der Waals surface area contributed by atoms with Crippen LogP contribution < -0.4 is 4.90 Å². The van der Waals surface area contributed by atoms with Crippen molar-refractivity contribution in [3.8, 4) is 50.2 Å². The van der Waals surface area contributed by atoms with E-state index in [1.165, 1.54) is 75.5 Å². The first-order chi connectivity index (χ1) is 31.3. The second-order valence-electron chi connectivity index (χ2n) is 16.0. The molecular weight excluding hydrogens is 781 g/mol. The van der Waals surface area contributed by atoms with Gasteiger partial charge in [-0.3, -0.25) is 0 Å². The van der Waals surface area contributed by atoms with Crippen LogP contribution in [0.4, 0.5) is 17.1 Å². The number of para-hydroxylation sites is 3. The van der Waals surface area contributed by atoms with Gasteiger partial charge in [-0.05, 0) is 88.0 Å². The van der Waals surface area contributed by atoms with Gasteiger partial charge in [0.2, 0.25) is 0 Å². The van der Waals surface area contributed by atoms with Crippen LogP contribution in [-0.2, 0) is 0 Å². The first-order valence-electron chi connectivity index (χ1n) is 21.5. The average molecular weight is 821 g/mol. The van der Waals surface area contributed by atoms with E-state index < -0.39 is 0 Å². The molecule has 0 bridgehead atoms. The maximum atomic E-state index is 2.46. The summed E-state index contributed by atoms with van der Waals surface area (Å²) in [5.74, 6) is 0. The van der Waals surface area contributed by atoms with E-state index in [4.69, 9.17) is 0 Å². The zero-order valence-electron chi connectivity index (χ0n) is 34.4. The molecule has 2 nitrogen and oxygen atoms in total. The highest BCUT2D eigenvalue weighted by Gasteiger charge is 2.24. The highest BCUT2D eigenvalue weighted by atomic mass is 32.1. The summed E-state index contributed by atoms with van der Waals surface area (Å²) in [5.41, 5.74) is 16.4. The molecule has 0 amide bonds. The van der Waals surface area contributed by atoms with Crippen LogP contribution in [0.25, 0.3) is 92.2 Å². The van der Waals surface area contributed by atoms with Gasteiger partial charge in [-0.15, -0.1) is 11.3 Å². The minimum absolute atomic E-state index is 1.09. The monoisotopic (exact) mass is 820 g/mol. The van der Waals surface area contributed by atoms with Crippen LogP contribution in [0.1, 0.15) is 0 Å². The quantitative estimate of drug-likeness (QED) is 0.148. The molecule has 0 saturated heterocycles. The summed E-state index contributed by atoms with van der Waals surface area (Å²) < 4.78 is 5.08. The molecule has 0 aliphatic heterocycles. The van der Waals surface area contributed by atoms with E-state index in [1.54, 1.807) is 0 Å². The Morgan fingerprint density at radius 1 is 0.333 bits per heavy atom. The number of thiophene rings is 1. The van der Waals surface area contributed by atoms with Gasteiger partial charge in [-0.25, -0.2) is 0 Å². The number of anilines is 3. The lowest BCUT2D eigenvalue weighted by Crippen LogP contribution is -2.10. The van der Waals surface area contributed by atoms with Crippen molar-refractivity contribution in [3.05, 3.63) is 243 Å². The Balaban J connectivity index is 1.07. The molecule has 12 aromatic rings. The van der Waals surface area contributed by atoms with Crippen molar-refractivity contribution < 1.29 is 0 Å². The van der Waals surface area contributed by atoms with Gasteiger partial charge < -0.3 is 9.47 Å². The van der Waals surface area contributed by atoms with Gasteiger partial charge in [0, 0.05) is 53.4 Å². The third-order valence-electron chi connectivity index (χ3n) is 12.4.